The fraction of sp³-hybridized carbons (Fsp3) is 0.833. The van der Waals surface area contributed by atoms with E-state index in [0.29, 0.717) is 13.0 Å². The van der Waals surface area contributed by atoms with Crippen LogP contribution in [0.1, 0.15) is 38.4 Å². The molecule has 1 atom stereocenters. The van der Waals surface area contributed by atoms with Crippen molar-refractivity contribution in [3.63, 3.8) is 0 Å². The van der Waals surface area contributed by atoms with Gasteiger partial charge in [-0.1, -0.05) is 6.92 Å². The summed E-state index contributed by atoms with van der Waals surface area (Å²) in [5.41, 5.74) is 0. The number of nitrogens with zero attached hydrogens (tertiary/aromatic N) is 4. The summed E-state index contributed by atoms with van der Waals surface area (Å²) < 4.78 is 27.9. The normalized spacial score (nSPS) is 21.1. The van der Waals surface area contributed by atoms with E-state index in [2.05, 4.69) is 10.2 Å². The second-order valence-electron chi connectivity index (χ2n) is 5.12. The second kappa shape index (κ2) is 6.00. The van der Waals surface area contributed by atoms with Crippen molar-refractivity contribution in [3.05, 3.63) is 12.2 Å². The molecule has 19 heavy (non-hydrogen) atoms. The zero-order valence-corrected chi connectivity index (χ0v) is 12.4. The van der Waals surface area contributed by atoms with Gasteiger partial charge >= 0.3 is 0 Å². The summed E-state index contributed by atoms with van der Waals surface area (Å²) in [6, 6.07) is 0.133. The zero-order valence-electron chi connectivity index (χ0n) is 11.6. The number of hydrogen-bond donors (Lipinski definition) is 0. The van der Waals surface area contributed by atoms with Crippen LogP contribution in [0.3, 0.4) is 0 Å². The summed E-state index contributed by atoms with van der Waals surface area (Å²) >= 11 is 0. The Morgan fingerprint density at radius 1 is 1.47 bits per heavy atom. The van der Waals surface area contributed by atoms with E-state index in [0.717, 1.165) is 31.5 Å². The lowest BCUT2D eigenvalue weighted by molar-refractivity contribution is 0.367. The number of aromatic nitrogens is 3. The molecule has 0 amide bonds. The van der Waals surface area contributed by atoms with E-state index in [1.54, 1.807) is 10.6 Å². The Morgan fingerprint density at radius 2 is 2.26 bits per heavy atom. The van der Waals surface area contributed by atoms with Crippen molar-refractivity contribution in [1.82, 2.24) is 19.1 Å². The Bertz CT molecular complexity index is 512. The van der Waals surface area contributed by atoms with E-state index >= 15 is 0 Å². The number of aryl methyl sites for hydroxylation is 2. The zero-order chi connectivity index (χ0) is 13.9. The Kier molecular flexibility index (Phi) is 4.57. The van der Waals surface area contributed by atoms with Crippen LogP contribution in [0.5, 0.6) is 0 Å². The van der Waals surface area contributed by atoms with Gasteiger partial charge in [-0.3, -0.25) is 0 Å². The Morgan fingerprint density at radius 3 is 2.89 bits per heavy atom. The second-order valence-corrected chi connectivity index (χ2v) is 7.16. The highest BCUT2D eigenvalue weighted by Crippen LogP contribution is 2.25. The highest BCUT2D eigenvalue weighted by Gasteiger charge is 2.33. The lowest BCUT2D eigenvalue weighted by atomic mass is 10.1. The average molecular weight is 286 g/mol. The van der Waals surface area contributed by atoms with Gasteiger partial charge in [-0.25, -0.2) is 8.42 Å². The number of hydrogen-bond acceptors (Lipinski definition) is 4. The molecule has 1 unspecified atom stereocenters. The van der Waals surface area contributed by atoms with Gasteiger partial charge < -0.3 is 4.57 Å². The van der Waals surface area contributed by atoms with Crippen LogP contribution in [0.4, 0.5) is 0 Å². The smallest absolute Gasteiger partial charge is 0.214 e. The van der Waals surface area contributed by atoms with Gasteiger partial charge in [0.1, 0.15) is 12.2 Å². The van der Waals surface area contributed by atoms with Crippen LogP contribution in [0, 0.1) is 0 Å². The van der Waals surface area contributed by atoms with Crippen molar-refractivity contribution >= 4 is 10.0 Å². The van der Waals surface area contributed by atoms with Crippen molar-refractivity contribution in [1.29, 1.82) is 0 Å². The quantitative estimate of drug-likeness (QED) is 0.781. The van der Waals surface area contributed by atoms with Crippen molar-refractivity contribution in [2.24, 2.45) is 7.05 Å². The molecule has 1 aliphatic rings. The molecule has 0 bridgehead atoms. The minimum Gasteiger partial charge on any atom is -0.321 e. The lowest BCUT2D eigenvalue weighted by Gasteiger charge is -2.23. The third-order valence-corrected chi connectivity index (χ3v) is 5.77. The molecule has 0 aromatic carbocycles. The van der Waals surface area contributed by atoms with Crippen LogP contribution in [0.15, 0.2) is 6.33 Å². The first-order valence-corrected chi connectivity index (χ1v) is 8.48. The largest absolute Gasteiger partial charge is 0.321 e. The Balaban J connectivity index is 1.98. The Labute approximate surface area is 114 Å². The molecule has 1 fully saturated rings. The number of rotatable bonds is 6. The highest BCUT2D eigenvalue weighted by atomic mass is 32.2. The average Bonchev–Trinajstić information content (AvgIpc) is 2.95. The molecular weight excluding hydrogens is 264 g/mol. The van der Waals surface area contributed by atoms with Crippen molar-refractivity contribution in [3.8, 4) is 0 Å². The maximum atomic E-state index is 12.2. The topological polar surface area (TPSA) is 68.1 Å². The lowest BCUT2D eigenvalue weighted by Crippen LogP contribution is -2.37. The molecule has 0 N–H and O–H groups in total. The minimum absolute atomic E-state index is 0.133. The van der Waals surface area contributed by atoms with Gasteiger partial charge in [0, 0.05) is 26.1 Å². The highest BCUT2D eigenvalue weighted by molar-refractivity contribution is 7.89. The molecular formula is C12H22N4O2S. The van der Waals surface area contributed by atoms with Gasteiger partial charge in [0.2, 0.25) is 10.0 Å². The predicted molar refractivity (Wildman–Crippen MR) is 73.1 cm³/mol. The van der Waals surface area contributed by atoms with Crippen LogP contribution in [0.2, 0.25) is 0 Å². The monoisotopic (exact) mass is 286 g/mol. The van der Waals surface area contributed by atoms with Crippen molar-refractivity contribution in [2.45, 2.75) is 45.1 Å². The molecule has 7 heteroatoms. The summed E-state index contributed by atoms with van der Waals surface area (Å²) in [4.78, 5) is 0. The van der Waals surface area contributed by atoms with E-state index in [-0.39, 0.29) is 11.8 Å². The summed E-state index contributed by atoms with van der Waals surface area (Å²) in [5, 5.41) is 7.89. The number of sulfonamides is 1. The van der Waals surface area contributed by atoms with Crippen LogP contribution in [-0.2, 0) is 23.5 Å². The van der Waals surface area contributed by atoms with E-state index in [1.807, 2.05) is 18.5 Å². The molecule has 1 aromatic rings. The van der Waals surface area contributed by atoms with Gasteiger partial charge in [0.05, 0.1) is 5.75 Å². The fourth-order valence-electron chi connectivity index (χ4n) is 2.67. The van der Waals surface area contributed by atoms with Crippen molar-refractivity contribution in [2.75, 3.05) is 12.3 Å². The van der Waals surface area contributed by atoms with Gasteiger partial charge in [0.15, 0.2) is 0 Å². The van der Waals surface area contributed by atoms with Crippen LogP contribution in [-0.4, -0.2) is 45.8 Å². The third kappa shape index (κ3) is 3.33. The molecule has 0 radical (unpaired) electrons. The molecule has 0 saturated carbocycles. The SMILES string of the molecule is CCCS(=O)(=O)N1CCCC1CCc1nncn1C. The van der Waals surface area contributed by atoms with Gasteiger partial charge in [-0.15, -0.1) is 10.2 Å². The first-order valence-electron chi connectivity index (χ1n) is 6.87. The molecule has 2 heterocycles. The summed E-state index contributed by atoms with van der Waals surface area (Å²) in [5.74, 6) is 1.17. The summed E-state index contributed by atoms with van der Waals surface area (Å²) in [6.45, 7) is 2.58. The minimum atomic E-state index is -3.07. The van der Waals surface area contributed by atoms with Crippen LogP contribution in [0.25, 0.3) is 0 Å². The molecule has 1 aliphatic heterocycles. The summed E-state index contributed by atoms with van der Waals surface area (Å²) in [7, 11) is -1.16. The third-order valence-electron chi connectivity index (χ3n) is 3.65. The van der Waals surface area contributed by atoms with E-state index < -0.39 is 10.0 Å². The first-order chi connectivity index (χ1) is 9.04. The standard InChI is InChI=1S/C12H22N4O2S/c1-3-9-19(17,18)16-8-4-5-11(16)6-7-12-14-13-10-15(12)2/h10-11H,3-9H2,1-2H3. The van der Waals surface area contributed by atoms with Gasteiger partial charge in [0.25, 0.3) is 0 Å². The first kappa shape index (κ1) is 14.5. The Hall–Kier alpha value is -0.950. The molecule has 108 valence electrons. The fourth-order valence-corrected chi connectivity index (χ4v) is 4.49. The molecule has 6 nitrogen and oxygen atoms in total. The summed E-state index contributed by atoms with van der Waals surface area (Å²) in [6.07, 6.45) is 5.88. The molecule has 2 rings (SSSR count). The maximum Gasteiger partial charge on any atom is 0.214 e. The maximum absolute atomic E-state index is 12.2. The molecule has 1 aromatic heterocycles. The van der Waals surface area contributed by atoms with Gasteiger partial charge in [-0.2, -0.15) is 4.31 Å². The molecule has 1 saturated heterocycles. The van der Waals surface area contributed by atoms with Gasteiger partial charge in [-0.05, 0) is 25.7 Å². The van der Waals surface area contributed by atoms with E-state index in [9.17, 15) is 8.42 Å². The van der Waals surface area contributed by atoms with Crippen LogP contribution >= 0.6 is 0 Å². The molecule has 0 aliphatic carbocycles. The predicted octanol–water partition coefficient (Wildman–Crippen LogP) is 0.952. The van der Waals surface area contributed by atoms with Crippen molar-refractivity contribution < 1.29 is 8.42 Å². The van der Waals surface area contributed by atoms with E-state index in [1.165, 1.54) is 0 Å². The van der Waals surface area contributed by atoms with Crippen LogP contribution < -0.4 is 0 Å². The van der Waals surface area contributed by atoms with E-state index in [4.69, 9.17) is 0 Å². The molecule has 0 spiro atoms.